The first-order valence-electron chi connectivity index (χ1n) is 5.80. The third-order valence-electron chi connectivity index (χ3n) is 2.85. The van der Waals surface area contributed by atoms with Gasteiger partial charge >= 0.3 is 0 Å². The zero-order valence-electron chi connectivity index (χ0n) is 10.9. The van der Waals surface area contributed by atoms with Gasteiger partial charge in [0.2, 0.25) is 0 Å². The van der Waals surface area contributed by atoms with E-state index >= 15 is 0 Å². The van der Waals surface area contributed by atoms with E-state index in [1.165, 1.54) is 0 Å². The molecule has 0 aromatic carbocycles. The number of halogens is 1. The molecule has 5 heteroatoms. The summed E-state index contributed by atoms with van der Waals surface area (Å²) in [5, 5.41) is 7.33. The van der Waals surface area contributed by atoms with Crippen molar-refractivity contribution in [2.45, 2.75) is 33.7 Å². The van der Waals surface area contributed by atoms with Crippen LogP contribution in [0.5, 0.6) is 0 Å². The fourth-order valence-electron chi connectivity index (χ4n) is 2.03. The molecule has 0 radical (unpaired) electrons. The molecule has 4 nitrogen and oxygen atoms in total. The van der Waals surface area contributed by atoms with Crippen LogP contribution in [-0.4, -0.2) is 10.1 Å². The van der Waals surface area contributed by atoms with Crippen LogP contribution in [0.3, 0.4) is 0 Å². The molecule has 0 spiro atoms. The number of nitrogens with one attached hydrogen (secondary N) is 1. The number of anilines is 1. The average Bonchev–Trinajstić information content (AvgIpc) is 2.62. The quantitative estimate of drug-likeness (QED) is 0.933. The van der Waals surface area contributed by atoms with Crippen LogP contribution in [0, 0.1) is 20.8 Å². The molecule has 0 amide bonds. The maximum absolute atomic E-state index is 5.18. The Balaban J connectivity index is 2.24. The van der Waals surface area contributed by atoms with Crippen molar-refractivity contribution in [3.05, 3.63) is 39.3 Å². The predicted molar refractivity (Wildman–Crippen MR) is 74.7 cm³/mol. The summed E-state index contributed by atoms with van der Waals surface area (Å²) < 4.78 is 6.14. The highest BCUT2D eigenvalue weighted by Gasteiger charge is 2.17. The van der Waals surface area contributed by atoms with Crippen molar-refractivity contribution in [1.29, 1.82) is 0 Å². The Morgan fingerprint density at radius 3 is 2.61 bits per heavy atom. The van der Waals surface area contributed by atoms with E-state index in [-0.39, 0.29) is 6.04 Å². The maximum atomic E-state index is 5.18. The third kappa shape index (κ3) is 2.56. The second-order valence-electron chi connectivity index (χ2n) is 4.45. The van der Waals surface area contributed by atoms with Gasteiger partial charge in [-0.15, -0.1) is 0 Å². The fraction of sp³-hybridized carbons (Fsp3) is 0.385. The minimum atomic E-state index is 0.0998. The van der Waals surface area contributed by atoms with Gasteiger partial charge in [0.15, 0.2) is 0 Å². The van der Waals surface area contributed by atoms with Gasteiger partial charge in [-0.1, -0.05) is 5.16 Å². The molecule has 2 rings (SSSR count). The molecule has 0 aliphatic heterocycles. The molecule has 0 saturated heterocycles. The first-order valence-corrected chi connectivity index (χ1v) is 6.59. The number of hydrogen-bond donors (Lipinski definition) is 1. The molecule has 0 saturated carbocycles. The molecule has 2 heterocycles. The van der Waals surface area contributed by atoms with E-state index in [9.17, 15) is 0 Å². The summed E-state index contributed by atoms with van der Waals surface area (Å²) in [5.74, 6) is 1.67. The SMILES string of the molecule is Cc1cnc(NC(C)c2c(C)noc2C)c(Br)c1. The number of nitrogens with zero attached hydrogens (tertiary/aromatic N) is 2. The Morgan fingerprint density at radius 2 is 2.06 bits per heavy atom. The molecule has 0 aliphatic rings. The monoisotopic (exact) mass is 309 g/mol. The summed E-state index contributed by atoms with van der Waals surface area (Å²) in [7, 11) is 0. The molecule has 1 atom stereocenters. The highest BCUT2D eigenvalue weighted by molar-refractivity contribution is 9.10. The third-order valence-corrected chi connectivity index (χ3v) is 3.46. The van der Waals surface area contributed by atoms with Crippen molar-refractivity contribution in [3.63, 3.8) is 0 Å². The van der Waals surface area contributed by atoms with E-state index in [1.807, 2.05) is 33.0 Å². The van der Waals surface area contributed by atoms with Crippen molar-refractivity contribution in [1.82, 2.24) is 10.1 Å². The van der Waals surface area contributed by atoms with E-state index in [1.54, 1.807) is 0 Å². The first-order chi connectivity index (χ1) is 8.49. The zero-order valence-corrected chi connectivity index (χ0v) is 12.5. The summed E-state index contributed by atoms with van der Waals surface area (Å²) in [6.07, 6.45) is 1.84. The molecule has 96 valence electrons. The van der Waals surface area contributed by atoms with Crippen LogP contribution >= 0.6 is 15.9 Å². The maximum Gasteiger partial charge on any atom is 0.140 e. The van der Waals surface area contributed by atoms with Gasteiger partial charge in [0.1, 0.15) is 11.6 Å². The Labute approximate surface area is 115 Å². The summed E-state index contributed by atoms with van der Waals surface area (Å²) in [6, 6.07) is 2.14. The van der Waals surface area contributed by atoms with Gasteiger partial charge < -0.3 is 9.84 Å². The van der Waals surface area contributed by atoms with E-state index < -0.39 is 0 Å². The van der Waals surface area contributed by atoms with Crippen LogP contribution in [-0.2, 0) is 0 Å². The molecule has 18 heavy (non-hydrogen) atoms. The van der Waals surface area contributed by atoms with Gasteiger partial charge in [0.25, 0.3) is 0 Å². The number of aryl methyl sites for hydroxylation is 3. The predicted octanol–water partition coefficient (Wildman–Crippen LogP) is 3.93. The van der Waals surface area contributed by atoms with Crippen molar-refractivity contribution < 1.29 is 4.52 Å². The van der Waals surface area contributed by atoms with Gasteiger partial charge in [0, 0.05) is 11.8 Å². The number of pyridine rings is 1. The van der Waals surface area contributed by atoms with Crippen molar-refractivity contribution in [3.8, 4) is 0 Å². The molecule has 0 bridgehead atoms. The molecular formula is C13H16BrN3O. The van der Waals surface area contributed by atoms with E-state index in [0.717, 1.165) is 32.9 Å². The van der Waals surface area contributed by atoms with E-state index in [0.29, 0.717) is 0 Å². The number of aromatic nitrogens is 2. The summed E-state index contributed by atoms with van der Waals surface area (Å²) in [4.78, 5) is 4.38. The van der Waals surface area contributed by atoms with Gasteiger partial charge in [-0.05, 0) is 55.3 Å². The molecule has 1 N–H and O–H groups in total. The van der Waals surface area contributed by atoms with Crippen LogP contribution < -0.4 is 5.32 Å². The highest BCUT2D eigenvalue weighted by Crippen LogP contribution is 2.28. The lowest BCUT2D eigenvalue weighted by Gasteiger charge is -2.15. The van der Waals surface area contributed by atoms with E-state index in [4.69, 9.17) is 4.52 Å². The Kier molecular flexibility index (Phi) is 3.71. The fourth-order valence-corrected chi connectivity index (χ4v) is 2.60. The summed E-state index contributed by atoms with van der Waals surface area (Å²) >= 11 is 3.51. The molecule has 1 unspecified atom stereocenters. The lowest BCUT2D eigenvalue weighted by atomic mass is 10.1. The number of hydrogen-bond acceptors (Lipinski definition) is 4. The lowest BCUT2D eigenvalue weighted by Crippen LogP contribution is -2.10. The van der Waals surface area contributed by atoms with Crippen LogP contribution in [0.15, 0.2) is 21.3 Å². The normalized spacial score (nSPS) is 12.5. The molecule has 0 aliphatic carbocycles. The molecular weight excluding hydrogens is 294 g/mol. The smallest absolute Gasteiger partial charge is 0.140 e. The summed E-state index contributed by atoms with van der Waals surface area (Å²) in [6.45, 7) is 7.95. The summed E-state index contributed by atoms with van der Waals surface area (Å²) in [5.41, 5.74) is 3.12. The second kappa shape index (κ2) is 5.10. The standard InChI is InChI=1S/C13H16BrN3O/c1-7-5-11(14)13(15-6-7)16-8(2)12-9(3)17-18-10(12)4/h5-6,8H,1-4H3,(H,15,16). The minimum absolute atomic E-state index is 0.0998. The first kappa shape index (κ1) is 13.1. The average molecular weight is 310 g/mol. The van der Waals surface area contributed by atoms with Crippen LogP contribution in [0.1, 0.15) is 35.5 Å². The van der Waals surface area contributed by atoms with Crippen molar-refractivity contribution in [2.24, 2.45) is 0 Å². The van der Waals surface area contributed by atoms with Crippen LogP contribution in [0.2, 0.25) is 0 Å². The largest absolute Gasteiger partial charge is 0.362 e. The molecule has 0 fully saturated rings. The van der Waals surface area contributed by atoms with Crippen LogP contribution in [0.4, 0.5) is 5.82 Å². The Bertz CT molecular complexity index is 546. The van der Waals surface area contributed by atoms with Crippen LogP contribution in [0.25, 0.3) is 0 Å². The van der Waals surface area contributed by atoms with Gasteiger partial charge in [-0.25, -0.2) is 4.98 Å². The van der Waals surface area contributed by atoms with Crippen molar-refractivity contribution >= 4 is 21.7 Å². The Morgan fingerprint density at radius 1 is 1.33 bits per heavy atom. The minimum Gasteiger partial charge on any atom is -0.362 e. The number of rotatable bonds is 3. The lowest BCUT2D eigenvalue weighted by molar-refractivity contribution is 0.392. The molecule has 2 aromatic heterocycles. The van der Waals surface area contributed by atoms with E-state index in [2.05, 4.69) is 38.3 Å². The molecule has 2 aromatic rings. The van der Waals surface area contributed by atoms with Gasteiger partial charge in [-0.2, -0.15) is 0 Å². The second-order valence-corrected chi connectivity index (χ2v) is 5.30. The van der Waals surface area contributed by atoms with Crippen molar-refractivity contribution in [2.75, 3.05) is 5.32 Å². The highest BCUT2D eigenvalue weighted by atomic mass is 79.9. The van der Waals surface area contributed by atoms with Gasteiger partial charge in [-0.3, -0.25) is 0 Å². The topological polar surface area (TPSA) is 51.0 Å². The zero-order chi connectivity index (χ0) is 13.3. The van der Waals surface area contributed by atoms with Gasteiger partial charge in [0.05, 0.1) is 16.2 Å². The Hall–Kier alpha value is -1.36.